The van der Waals surface area contributed by atoms with Crippen LogP contribution in [0.5, 0.6) is 0 Å². The molecule has 2 aliphatic heterocycles. The predicted molar refractivity (Wildman–Crippen MR) is 117 cm³/mol. The van der Waals surface area contributed by atoms with Gasteiger partial charge in [0.1, 0.15) is 6.34 Å². The Kier molecular flexibility index (Phi) is 4.86. The van der Waals surface area contributed by atoms with Crippen LogP contribution in [0.25, 0.3) is 11.0 Å². The molecular weight excluding hydrogens is 391 g/mol. The molecule has 0 aromatic carbocycles. The highest BCUT2D eigenvalue weighted by Gasteiger charge is 2.39. The summed E-state index contributed by atoms with van der Waals surface area (Å²) in [7, 11) is 0. The van der Waals surface area contributed by atoms with Gasteiger partial charge in [-0.1, -0.05) is 11.8 Å². The number of rotatable bonds is 3. The number of hydrogen-bond donors (Lipinski definition) is 0. The van der Waals surface area contributed by atoms with Crippen molar-refractivity contribution in [1.82, 2.24) is 18.1 Å². The lowest BCUT2D eigenvalue weighted by molar-refractivity contribution is 0.0589. The number of aromatic nitrogens is 2. The summed E-state index contributed by atoms with van der Waals surface area (Å²) < 4.78 is 21.0. The monoisotopic (exact) mass is 418 g/mol. The summed E-state index contributed by atoms with van der Waals surface area (Å²) in [4.78, 5) is 0. The average Bonchev–Trinajstić information content (AvgIpc) is 3.28. The molecular formula is C20H27N4O2PS. The van der Waals surface area contributed by atoms with Crippen LogP contribution in [0, 0.1) is 13.8 Å². The maximum Gasteiger partial charge on any atom is 0.123 e. The molecule has 0 N–H and O–H groups in total. The maximum absolute atomic E-state index is 6.63. The van der Waals surface area contributed by atoms with E-state index in [9.17, 15) is 0 Å². The van der Waals surface area contributed by atoms with E-state index in [1.807, 2.05) is 0 Å². The molecule has 0 amide bonds. The molecule has 0 bridgehead atoms. The number of fused-ring (bicyclic) bond motifs is 3. The first-order valence-corrected chi connectivity index (χ1v) is 12.7. The molecule has 0 atom stereocenters. The fourth-order valence-corrected chi connectivity index (χ4v) is 9.51. The minimum absolute atomic E-state index is 0.757. The molecule has 6 nitrogen and oxygen atoms in total. The number of morpholine rings is 2. The maximum atomic E-state index is 6.63. The Bertz CT molecular complexity index is 1040. The fourth-order valence-electron chi connectivity index (χ4n) is 4.55. The van der Waals surface area contributed by atoms with E-state index in [4.69, 9.17) is 21.3 Å². The van der Waals surface area contributed by atoms with Gasteiger partial charge in [0.2, 0.25) is 0 Å². The van der Waals surface area contributed by atoms with Gasteiger partial charge >= 0.3 is 0 Å². The highest BCUT2D eigenvalue weighted by atomic mass is 32.4. The van der Waals surface area contributed by atoms with Crippen molar-refractivity contribution in [2.24, 2.45) is 0 Å². The van der Waals surface area contributed by atoms with Crippen LogP contribution in [0.1, 0.15) is 11.3 Å². The van der Waals surface area contributed by atoms with E-state index >= 15 is 0 Å². The largest absolute Gasteiger partial charge is 0.379 e. The summed E-state index contributed by atoms with van der Waals surface area (Å²) in [6.45, 7) is 11.0. The van der Waals surface area contributed by atoms with Gasteiger partial charge in [0, 0.05) is 44.3 Å². The van der Waals surface area contributed by atoms with Crippen molar-refractivity contribution in [3.63, 3.8) is 0 Å². The van der Waals surface area contributed by atoms with Crippen LogP contribution in [0.15, 0.2) is 30.6 Å². The van der Waals surface area contributed by atoms with E-state index < -0.39 is 6.34 Å². The zero-order valence-electron chi connectivity index (χ0n) is 16.5. The second kappa shape index (κ2) is 7.24. The van der Waals surface area contributed by atoms with Crippen molar-refractivity contribution >= 4 is 34.6 Å². The van der Waals surface area contributed by atoms with Crippen LogP contribution in [0.3, 0.4) is 0 Å². The Hall–Kier alpha value is -1.21. The molecule has 150 valence electrons. The lowest BCUT2D eigenvalue weighted by Crippen LogP contribution is -2.47. The zero-order valence-corrected chi connectivity index (χ0v) is 18.2. The molecule has 2 aliphatic rings. The van der Waals surface area contributed by atoms with Crippen LogP contribution in [-0.2, 0) is 21.3 Å². The van der Waals surface area contributed by atoms with Gasteiger partial charge in [0.05, 0.1) is 42.9 Å². The third-order valence-electron chi connectivity index (χ3n) is 5.96. The first kappa shape index (κ1) is 18.8. The Morgan fingerprint density at radius 3 is 2.00 bits per heavy atom. The summed E-state index contributed by atoms with van der Waals surface area (Å²) in [5, 5.41) is 0. The van der Waals surface area contributed by atoms with Gasteiger partial charge in [-0.25, -0.2) is 0 Å². The van der Waals surface area contributed by atoms with Crippen LogP contribution >= 0.6 is 6.34 Å². The van der Waals surface area contributed by atoms with E-state index in [0.717, 1.165) is 52.6 Å². The highest BCUT2D eigenvalue weighted by molar-refractivity contribution is 8.15. The molecule has 0 spiro atoms. The zero-order chi connectivity index (χ0) is 19.3. The highest BCUT2D eigenvalue weighted by Crippen LogP contribution is 2.54. The smallest absolute Gasteiger partial charge is 0.123 e. The van der Waals surface area contributed by atoms with Crippen LogP contribution in [0.4, 0.5) is 0 Å². The summed E-state index contributed by atoms with van der Waals surface area (Å²) in [6.07, 6.45) is 2.22. The van der Waals surface area contributed by atoms with Crippen LogP contribution in [-0.4, -0.2) is 70.7 Å². The van der Waals surface area contributed by atoms with Gasteiger partial charge in [0.25, 0.3) is 0 Å². The van der Waals surface area contributed by atoms with E-state index in [-0.39, 0.29) is 0 Å². The molecule has 5 heterocycles. The Balaban J connectivity index is 1.74. The quantitative estimate of drug-likeness (QED) is 0.611. The standard InChI is InChI=1S/C20H27N4O2PS/c1-16-15-19-18-4-3-17(2)23(18)5-6-24(19)20(16)27(28,21-7-11-25-12-8-21)22-9-13-26-14-10-22/h3-6,15H,7-14H2,1-2H3. The van der Waals surface area contributed by atoms with Crippen molar-refractivity contribution < 1.29 is 9.47 Å². The van der Waals surface area contributed by atoms with Crippen molar-refractivity contribution in [2.45, 2.75) is 13.8 Å². The third kappa shape index (κ3) is 2.80. The molecule has 0 radical (unpaired) electrons. The van der Waals surface area contributed by atoms with Crippen molar-refractivity contribution in [3.8, 4) is 0 Å². The van der Waals surface area contributed by atoms with Gasteiger partial charge in [-0.2, -0.15) is 0 Å². The Morgan fingerprint density at radius 2 is 1.39 bits per heavy atom. The number of nitrogens with zero attached hydrogens (tertiary/aromatic N) is 4. The van der Waals surface area contributed by atoms with E-state index in [2.05, 4.69) is 62.6 Å². The molecule has 0 saturated carbocycles. The SMILES string of the molecule is Cc1cc2c3ccc(C)n3ccn2c1P(=S)(N1CCOCC1)N1CCOCC1. The molecule has 2 fully saturated rings. The van der Waals surface area contributed by atoms with Crippen molar-refractivity contribution in [1.29, 1.82) is 0 Å². The summed E-state index contributed by atoms with van der Waals surface area (Å²) in [6, 6.07) is 6.70. The van der Waals surface area contributed by atoms with Gasteiger partial charge < -0.3 is 18.3 Å². The second-order valence-corrected chi connectivity index (χ2v) is 11.8. The predicted octanol–water partition coefficient (Wildman–Crippen LogP) is 2.41. The molecule has 2 saturated heterocycles. The lowest BCUT2D eigenvalue weighted by Gasteiger charge is -2.45. The molecule has 5 rings (SSSR count). The van der Waals surface area contributed by atoms with Gasteiger partial charge in [0.15, 0.2) is 0 Å². The van der Waals surface area contributed by atoms with E-state index in [1.54, 1.807) is 0 Å². The molecule has 0 aliphatic carbocycles. The van der Waals surface area contributed by atoms with Gasteiger partial charge in [-0.05, 0) is 37.6 Å². The van der Waals surface area contributed by atoms with Crippen LogP contribution in [0.2, 0.25) is 0 Å². The molecule has 3 aromatic rings. The molecule has 0 unspecified atom stereocenters. The van der Waals surface area contributed by atoms with Crippen molar-refractivity contribution in [2.75, 3.05) is 52.6 Å². The Morgan fingerprint density at radius 1 is 0.821 bits per heavy atom. The van der Waals surface area contributed by atoms with Crippen LogP contribution < -0.4 is 5.44 Å². The topological polar surface area (TPSA) is 33.8 Å². The summed E-state index contributed by atoms with van der Waals surface area (Å²) >= 11 is 6.63. The first-order valence-electron chi connectivity index (χ1n) is 9.96. The molecule has 28 heavy (non-hydrogen) atoms. The minimum Gasteiger partial charge on any atom is -0.379 e. The van der Waals surface area contributed by atoms with Gasteiger partial charge in [-0.15, -0.1) is 0 Å². The summed E-state index contributed by atoms with van der Waals surface area (Å²) in [5.41, 5.74) is 6.30. The first-order chi connectivity index (χ1) is 13.6. The third-order valence-corrected chi connectivity index (χ3v) is 11.3. The lowest BCUT2D eigenvalue weighted by atomic mass is 10.3. The molecule has 8 heteroatoms. The van der Waals surface area contributed by atoms with E-state index in [0.29, 0.717) is 0 Å². The average molecular weight is 419 g/mol. The summed E-state index contributed by atoms with van der Waals surface area (Å²) in [5.74, 6) is 0. The van der Waals surface area contributed by atoms with E-state index in [1.165, 1.54) is 27.7 Å². The van der Waals surface area contributed by atoms with Crippen molar-refractivity contribution in [3.05, 3.63) is 41.9 Å². The number of hydrogen-bond acceptors (Lipinski definition) is 3. The van der Waals surface area contributed by atoms with Gasteiger partial charge in [-0.3, -0.25) is 9.34 Å². The molecule has 3 aromatic heterocycles. The Labute approximate surface area is 170 Å². The normalized spacial score (nSPS) is 20.4. The minimum atomic E-state index is -2.14. The fraction of sp³-hybridized carbons (Fsp3) is 0.500. The second-order valence-electron chi connectivity index (χ2n) is 7.61. The number of ether oxygens (including phenoxy) is 2. The number of aryl methyl sites for hydroxylation is 2.